The molecule has 0 bridgehead atoms. The van der Waals surface area contributed by atoms with Gasteiger partial charge in [0.05, 0.1) is 4.91 Å². The first-order valence-corrected chi connectivity index (χ1v) is 11.2. The fraction of sp³-hybridized carbons (Fsp3) is 0.217. The van der Waals surface area contributed by atoms with Gasteiger partial charge in [-0.3, -0.25) is 14.5 Å². The van der Waals surface area contributed by atoms with Gasteiger partial charge in [-0.1, -0.05) is 60.7 Å². The fourth-order valence-corrected chi connectivity index (χ4v) is 4.45. The van der Waals surface area contributed by atoms with Crippen LogP contribution in [0.15, 0.2) is 53.4 Å². The fourth-order valence-electron chi connectivity index (χ4n) is 3.14. The molecule has 3 N–H and O–H groups in total. The van der Waals surface area contributed by atoms with Gasteiger partial charge >= 0.3 is 5.97 Å². The third-order valence-corrected chi connectivity index (χ3v) is 6.15. The Bertz CT molecular complexity index is 1070. The zero-order valence-corrected chi connectivity index (χ0v) is 18.7. The zero-order chi connectivity index (χ0) is 23.1. The van der Waals surface area contributed by atoms with E-state index >= 15 is 0 Å². The van der Waals surface area contributed by atoms with Crippen molar-refractivity contribution in [3.05, 3.63) is 64.6 Å². The quantitative estimate of drug-likeness (QED) is 0.282. The Balaban J connectivity index is 1.41. The van der Waals surface area contributed by atoms with Crippen LogP contribution in [-0.4, -0.2) is 43.8 Å². The molecule has 0 radical (unpaired) electrons. The van der Waals surface area contributed by atoms with Crippen molar-refractivity contribution < 1.29 is 24.6 Å². The van der Waals surface area contributed by atoms with Crippen LogP contribution in [0.5, 0.6) is 5.75 Å². The lowest BCUT2D eigenvalue weighted by Crippen LogP contribution is -2.29. The Hall–Kier alpha value is -3.17. The van der Waals surface area contributed by atoms with E-state index in [0.717, 1.165) is 12.0 Å². The molecule has 1 heterocycles. The lowest BCUT2D eigenvalue weighted by molar-refractivity contribution is -0.122. The molecule has 0 aliphatic carbocycles. The molecule has 1 fully saturated rings. The number of thioether (sulfide) groups is 1. The van der Waals surface area contributed by atoms with E-state index in [1.807, 2.05) is 36.4 Å². The average Bonchev–Trinajstić information content (AvgIpc) is 3.01. The number of anilines is 1. The molecule has 1 aliphatic rings. The predicted molar refractivity (Wildman–Crippen MR) is 128 cm³/mol. The largest absolute Gasteiger partial charge is 0.507 e. The van der Waals surface area contributed by atoms with Gasteiger partial charge in [0.15, 0.2) is 0 Å². The Labute approximate surface area is 195 Å². The number of nitrogens with zero attached hydrogens (tertiary/aromatic N) is 1. The molecule has 2 aromatic rings. The van der Waals surface area contributed by atoms with Crippen molar-refractivity contribution in [1.29, 1.82) is 0 Å². The van der Waals surface area contributed by atoms with Gasteiger partial charge in [-0.25, -0.2) is 4.79 Å². The topological polar surface area (TPSA) is 107 Å². The van der Waals surface area contributed by atoms with Crippen molar-refractivity contribution in [2.75, 3.05) is 11.9 Å². The number of aromatic carboxylic acids is 1. The molecule has 1 saturated heterocycles. The first kappa shape index (κ1) is 23.5. The number of nitrogens with one attached hydrogen (secondary N) is 1. The summed E-state index contributed by atoms with van der Waals surface area (Å²) in [7, 11) is 0. The van der Waals surface area contributed by atoms with Gasteiger partial charge in [-0.2, -0.15) is 0 Å². The molecule has 7 nitrogen and oxygen atoms in total. The molecule has 3 rings (SSSR count). The van der Waals surface area contributed by atoms with Crippen molar-refractivity contribution in [2.45, 2.75) is 25.7 Å². The summed E-state index contributed by atoms with van der Waals surface area (Å²) in [6.45, 7) is 0.503. The first-order valence-electron chi connectivity index (χ1n) is 10.0. The van der Waals surface area contributed by atoms with Crippen molar-refractivity contribution in [2.24, 2.45) is 0 Å². The zero-order valence-electron chi connectivity index (χ0n) is 17.1. The van der Waals surface area contributed by atoms with Gasteiger partial charge in [0.25, 0.3) is 5.91 Å². The highest BCUT2D eigenvalue weighted by Gasteiger charge is 2.31. The highest BCUT2D eigenvalue weighted by molar-refractivity contribution is 8.26. The molecule has 0 atom stereocenters. The van der Waals surface area contributed by atoms with Crippen LogP contribution < -0.4 is 5.32 Å². The molecule has 0 spiro atoms. The van der Waals surface area contributed by atoms with Gasteiger partial charge in [0, 0.05) is 24.7 Å². The van der Waals surface area contributed by atoms with Gasteiger partial charge in [0.1, 0.15) is 15.6 Å². The average molecular weight is 471 g/mol. The number of hydrogen-bond acceptors (Lipinski definition) is 6. The van der Waals surface area contributed by atoms with E-state index in [4.69, 9.17) is 17.3 Å². The molecule has 166 valence electrons. The second-order valence-corrected chi connectivity index (χ2v) is 8.82. The van der Waals surface area contributed by atoms with Gasteiger partial charge < -0.3 is 15.5 Å². The monoisotopic (exact) mass is 470 g/mol. The maximum atomic E-state index is 12.6. The molecule has 2 amide bonds. The van der Waals surface area contributed by atoms with Crippen LogP contribution in [-0.2, 0) is 9.59 Å². The predicted octanol–water partition coefficient (Wildman–Crippen LogP) is 4.49. The third-order valence-electron chi connectivity index (χ3n) is 4.77. The summed E-state index contributed by atoms with van der Waals surface area (Å²) >= 11 is 6.64. The number of phenols is 1. The highest BCUT2D eigenvalue weighted by atomic mass is 32.2. The van der Waals surface area contributed by atoms with Crippen LogP contribution >= 0.6 is 24.0 Å². The molecular weight excluding hydrogens is 448 g/mol. The molecule has 9 heteroatoms. The molecule has 2 aromatic carbocycles. The summed E-state index contributed by atoms with van der Waals surface area (Å²) in [5.41, 5.74) is 1.06. The molecule has 0 aromatic heterocycles. The number of carboxylic acids is 1. The van der Waals surface area contributed by atoms with E-state index in [2.05, 4.69) is 5.32 Å². The Morgan fingerprint density at radius 2 is 1.84 bits per heavy atom. The maximum absolute atomic E-state index is 12.6. The lowest BCUT2D eigenvalue weighted by atomic mass is 10.1. The molecule has 1 aliphatic heterocycles. The minimum absolute atomic E-state index is 0.0915. The third kappa shape index (κ3) is 6.18. The molecule has 0 saturated carbocycles. The number of hydrogen-bond donors (Lipinski definition) is 3. The van der Waals surface area contributed by atoms with Crippen LogP contribution in [0.2, 0.25) is 0 Å². The van der Waals surface area contributed by atoms with Crippen molar-refractivity contribution in [3.63, 3.8) is 0 Å². The van der Waals surface area contributed by atoms with E-state index in [0.29, 0.717) is 34.3 Å². The number of carbonyl (C=O) groups excluding carboxylic acids is 2. The second-order valence-electron chi connectivity index (χ2n) is 7.14. The minimum atomic E-state index is -1.24. The molecule has 32 heavy (non-hydrogen) atoms. The smallest absolute Gasteiger partial charge is 0.339 e. The number of carbonyl (C=O) groups is 3. The Morgan fingerprint density at radius 1 is 1.09 bits per heavy atom. The highest BCUT2D eigenvalue weighted by Crippen LogP contribution is 2.32. The van der Waals surface area contributed by atoms with Crippen LogP contribution in [0.1, 0.15) is 41.6 Å². The van der Waals surface area contributed by atoms with Gasteiger partial charge in [-0.15, -0.1) is 0 Å². The number of amides is 2. The number of aromatic hydroxyl groups is 1. The van der Waals surface area contributed by atoms with E-state index in [9.17, 15) is 19.5 Å². The summed E-state index contributed by atoms with van der Waals surface area (Å²) in [6, 6.07) is 13.5. The van der Waals surface area contributed by atoms with Crippen LogP contribution in [0, 0.1) is 0 Å². The van der Waals surface area contributed by atoms with Crippen molar-refractivity contribution >= 4 is 57.8 Å². The summed E-state index contributed by atoms with van der Waals surface area (Å²) in [5.74, 6) is -1.97. The van der Waals surface area contributed by atoms with Gasteiger partial charge in [-0.05, 0) is 36.6 Å². The standard InChI is InChI=1S/C23H22N2O5S2/c26-18-14-16(10-11-17(18)22(29)30)24-20(27)9-5-2-6-12-25-21(28)19(32-23(25)31)13-15-7-3-1-4-8-15/h1,3-4,7-8,10-11,13-14,26H,2,5-6,9,12H2,(H,24,27)(H,29,30)/b19-13-. The van der Waals surface area contributed by atoms with Crippen LogP contribution in [0.4, 0.5) is 5.69 Å². The Kier molecular flexibility index (Phi) is 8.02. The number of carboxylic acid groups (broad SMARTS) is 1. The summed E-state index contributed by atoms with van der Waals surface area (Å²) in [5, 5.41) is 21.2. The van der Waals surface area contributed by atoms with Crippen LogP contribution in [0.25, 0.3) is 6.08 Å². The maximum Gasteiger partial charge on any atom is 0.339 e. The number of rotatable bonds is 9. The Morgan fingerprint density at radius 3 is 2.53 bits per heavy atom. The first-order chi connectivity index (χ1) is 15.3. The number of unbranched alkanes of at least 4 members (excludes halogenated alkanes) is 2. The molecule has 0 unspecified atom stereocenters. The SMILES string of the molecule is O=C(CCCCCN1C(=O)/C(=C/c2ccccc2)SC1=S)Nc1ccc(C(=O)O)c(O)c1. The summed E-state index contributed by atoms with van der Waals surface area (Å²) < 4.78 is 0.541. The van der Waals surface area contributed by atoms with E-state index in [1.54, 1.807) is 4.90 Å². The van der Waals surface area contributed by atoms with Crippen LogP contribution in [0.3, 0.4) is 0 Å². The van der Waals surface area contributed by atoms with E-state index < -0.39 is 11.7 Å². The van der Waals surface area contributed by atoms with Gasteiger partial charge in [0.2, 0.25) is 5.91 Å². The summed E-state index contributed by atoms with van der Waals surface area (Å²) in [6.07, 6.45) is 4.19. The van der Waals surface area contributed by atoms with Crippen molar-refractivity contribution in [3.8, 4) is 5.75 Å². The van der Waals surface area contributed by atoms with Crippen molar-refractivity contribution in [1.82, 2.24) is 4.90 Å². The number of benzene rings is 2. The van der Waals surface area contributed by atoms with E-state index in [1.165, 1.54) is 30.0 Å². The molecular formula is C23H22N2O5S2. The lowest BCUT2D eigenvalue weighted by Gasteiger charge is -2.14. The van der Waals surface area contributed by atoms with E-state index in [-0.39, 0.29) is 23.8 Å². The second kappa shape index (κ2) is 10.9. The summed E-state index contributed by atoms with van der Waals surface area (Å²) in [4.78, 5) is 37.8. The normalized spacial score (nSPS) is 14.8. The minimum Gasteiger partial charge on any atom is -0.507 e. The number of thiocarbonyl (C=S) groups is 1.